The fraction of sp³-hybridized carbons (Fsp3) is 0.400. The van der Waals surface area contributed by atoms with Crippen molar-refractivity contribution < 1.29 is 0 Å². The molecule has 98 valence electrons. The average molecular weight is 245 g/mol. The van der Waals surface area contributed by atoms with Gasteiger partial charge in [-0.2, -0.15) is 0 Å². The fourth-order valence-corrected chi connectivity index (χ4v) is 1.12. The summed E-state index contributed by atoms with van der Waals surface area (Å²) in [4.78, 5) is 11.6. The first kappa shape index (κ1) is 16.2. The summed E-state index contributed by atoms with van der Waals surface area (Å²) in [6, 6.07) is 4.03. The third-order valence-electron chi connectivity index (χ3n) is 2.15. The van der Waals surface area contributed by atoms with Gasteiger partial charge in [-0.05, 0) is 30.0 Å². The minimum absolute atomic E-state index is 1.01. The summed E-state index contributed by atoms with van der Waals surface area (Å²) in [7, 11) is 0. The smallest absolute Gasteiger partial charge is 0.115 e. The monoisotopic (exact) mass is 245 g/mol. The van der Waals surface area contributed by atoms with Crippen LogP contribution in [0.5, 0.6) is 0 Å². The zero-order valence-electron chi connectivity index (χ0n) is 11.8. The topological polar surface area (TPSA) is 38.7 Å². The van der Waals surface area contributed by atoms with Gasteiger partial charge in [-0.25, -0.2) is 9.97 Å². The van der Waals surface area contributed by atoms with Crippen LogP contribution in [-0.4, -0.2) is 15.0 Å². The van der Waals surface area contributed by atoms with Crippen molar-refractivity contribution in [1.29, 1.82) is 0 Å². The molecule has 0 N–H and O–H groups in total. The van der Waals surface area contributed by atoms with Gasteiger partial charge in [-0.3, -0.25) is 4.98 Å². The van der Waals surface area contributed by atoms with Gasteiger partial charge < -0.3 is 0 Å². The Balaban J connectivity index is 0.000000283. The first-order chi connectivity index (χ1) is 8.86. The molecule has 3 heteroatoms. The number of nitrogens with zero attached hydrogens (tertiary/aromatic N) is 3. The molecular formula is C15H23N3. The normalized spacial score (nSPS) is 8.44. The minimum atomic E-state index is 1.01. The summed E-state index contributed by atoms with van der Waals surface area (Å²) in [5.74, 6) is 0. The molecule has 0 saturated carbocycles. The van der Waals surface area contributed by atoms with Gasteiger partial charge in [0.2, 0.25) is 0 Å². The maximum atomic E-state index is 3.96. The highest BCUT2D eigenvalue weighted by Crippen LogP contribution is 1.93. The van der Waals surface area contributed by atoms with E-state index in [0.29, 0.717) is 0 Å². The summed E-state index contributed by atoms with van der Waals surface area (Å²) >= 11 is 0. The summed E-state index contributed by atoms with van der Waals surface area (Å²) in [6.45, 7) is 8.20. The van der Waals surface area contributed by atoms with Crippen LogP contribution in [0.25, 0.3) is 0 Å². The molecular weight excluding hydrogens is 222 g/mol. The van der Waals surface area contributed by atoms with Crippen LogP contribution in [0.3, 0.4) is 0 Å². The maximum Gasteiger partial charge on any atom is 0.115 e. The van der Waals surface area contributed by atoms with E-state index in [9.17, 15) is 0 Å². The molecule has 2 aromatic rings. The second kappa shape index (κ2) is 11.7. The Morgan fingerprint density at radius 1 is 0.833 bits per heavy atom. The number of aryl methyl sites for hydroxylation is 2. The molecule has 18 heavy (non-hydrogen) atoms. The van der Waals surface area contributed by atoms with Crippen molar-refractivity contribution >= 4 is 0 Å². The van der Waals surface area contributed by atoms with Crippen molar-refractivity contribution in [3.63, 3.8) is 0 Å². The molecule has 0 saturated heterocycles. The van der Waals surface area contributed by atoms with Crippen molar-refractivity contribution in [2.75, 3.05) is 0 Å². The van der Waals surface area contributed by atoms with Gasteiger partial charge in [0.25, 0.3) is 0 Å². The summed E-state index contributed by atoms with van der Waals surface area (Å²) in [5.41, 5.74) is 2.49. The lowest BCUT2D eigenvalue weighted by Gasteiger charge is -1.88. The van der Waals surface area contributed by atoms with Crippen molar-refractivity contribution in [3.05, 3.63) is 54.4 Å². The first-order valence-corrected chi connectivity index (χ1v) is 6.49. The highest BCUT2D eigenvalue weighted by Gasteiger charge is 1.82. The van der Waals surface area contributed by atoms with Gasteiger partial charge in [-0.1, -0.05) is 33.8 Å². The van der Waals surface area contributed by atoms with Gasteiger partial charge in [0.15, 0.2) is 0 Å². The second-order valence-electron chi connectivity index (χ2n) is 3.32. The molecule has 0 aliphatic heterocycles. The molecule has 0 unspecified atom stereocenters. The van der Waals surface area contributed by atoms with Crippen molar-refractivity contribution in [1.82, 2.24) is 15.0 Å². The first-order valence-electron chi connectivity index (χ1n) is 6.49. The Bertz CT molecular complexity index is 334. The molecule has 0 bridgehead atoms. The Morgan fingerprint density at radius 2 is 1.39 bits per heavy atom. The second-order valence-corrected chi connectivity index (χ2v) is 3.32. The van der Waals surface area contributed by atoms with Crippen LogP contribution in [0.15, 0.2) is 43.2 Å². The van der Waals surface area contributed by atoms with Crippen LogP contribution in [0.2, 0.25) is 0 Å². The molecule has 0 spiro atoms. The van der Waals surface area contributed by atoms with Crippen molar-refractivity contribution in [2.45, 2.75) is 40.5 Å². The van der Waals surface area contributed by atoms with Crippen LogP contribution >= 0.6 is 0 Å². The molecule has 2 aromatic heterocycles. The lowest BCUT2D eigenvalue weighted by atomic mass is 10.2. The molecule has 0 atom stereocenters. The van der Waals surface area contributed by atoms with E-state index in [1.165, 1.54) is 11.1 Å². The maximum absolute atomic E-state index is 3.96. The van der Waals surface area contributed by atoms with Crippen LogP contribution in [0.4, 0.5) is 0 Å². The average Bonchev–Trinajstić information content (AvgIpc) is 2.51. The van der Waals surface area contributed by atoms with Crippen LogP contribution in [0.1, 0.15) is 38.8 Å². The molecule has 2 rings (SSSR count). The molecule has 0 aromatic carbocycles. The third kappa shape index (κ3) is 7.49. The minimum Gasteiger partial charge on any atom is -0.264 e. The van der Waals surface area contributed by atoms with Crippen LogP contribution in [-0.2, 0) is 12.8 Å². The molecule has 0 aliphatic carbocycles. The Kier molecular flexibility index (Phi) is 10.6. The van der Waals surface area contributed by atoms with Gasteiger partial charge in [0.05, 0.1) is 0 Å². The molecule has 0 fully saturated rings. The predicted molar refractivity (Wildman–Crippen MR) is 76.4 cm³/mol. The number of hydrogen-bond donors (Lipinski definition) is 0. The highest BCUT2D eigenvalue weighted by atomic mass is 14.8. The molecule has 3 nitrogen and oxygen atoms in total. The number of hydrogen-bond acceptors (Lipinski definition) is 3. The third-order valence-corrected chi connectivity index (χ3v) is 2.15. The lowest BCUT2D eigenvalue weighted by molar-refractivity contribution is 1.04. The van der Waals surface area contributed by atoms with E-state index >= 15 is 0 Å². The lowest BCUT2D eigenvalue weighted by Crippen LogP contribution is -1.81. The summed E-state index contributed by atoms with van der Waals surface area (Å²) in [6.07, 6.45) is 11.0. The molecule has 2 heterocycles. The molecule has 0 aliphatic rings. The highest BCUT2D eigenvalue weighted by molar-refractivity contribution is 5.07. The predicted octanol–water partition coefficient (Wildman–Crippen LogP) is 3.71. The van der Waals surface area contributed by atoms with Crippen LogP contribution in [0, 0.1) is 0 Å². The van der Waals surface area contributed by atoms with Gasteiger partial charge in [0.1, 0.15) is 6.33 Å². The number of rotatable bonds is 2. The summed E-state index contributed by atoms with van der Waals surface area (Å²) in [5, 5.41) is 0. The molecule has 0 amide bonds. The Morgan fingerprint density at radius 3 is 1.72 bits per heavy atom. The molecule has 0 radical (unpaired) electrons. The largest absolute Gasteiger partial charge is 0.264 e. The van der Waals surface area contributed by atoms with Crippen molar-refractivity contribution in [2.24, 2.45) is 0 Å². The standard InChI is InChI=1S/C7H9N.C6H8N2.C2H6/c1-2-7-4-3-5-8-6-7;1-2-6-3-7-5-8-4-6;1-2/h3-6H,2H2,1H3;3-5H,2H2,1H3;1-2H3. The van der Waals surface area contributed by atoms with E-state index in [1.54, 1.807) is 12.5 Å². The van der Waals surface area contributed by atoms with E-state index < -0.39 is 0 Å². The number of aromatic nitrogens is 3. The van der Waals surface area contributed by atoms with E-state index in [4.69, 9.17) is 0 Å². The fourth-order valence-electron chi connectivity index (χ4n) is 1.12. The SMILES string of the molecule is CC.CCc1cccnc1.CCc1cncnc1. The van der Waals surface area contributed by atoms with Gasteiger partial charge in [0, 0.05) is 24.8 Å². The quantitative estimate of drug-likeness (QED) is 0.809. The van der Waals surface area contributed by atoms with Crippen LogP contribution < -0.4 is 0 Å². The Labute approximate surface area is 110 Å². The number of pyridine rings is 1. The van der Waals surface area contributed by atoms with E-state index in [1.807, 2.05) is 38.5 Å². The zero-order chi connectivity index (χ0) is 13.6. The zero-order valence-corrected chi connectivity index (χ0v) is 11.8. The van der Waals surface area contributed by atoms with E-state index in [-0.39, 0.29) is 0 Å². The van der Waals surface area contributed by atoms with E-state index in [2.05, 4.69) is 34.9 Å². The van der Waals surface area contributed by atoms with Gasteiger partial charge in [-0.15, -0.1) is 0 Å². The van der Waals surface area contributed by atoms with Gasteiger partial charge >= 0.3 is 0 Å². The van der Waals surface area contributed by atoms with Crippen molar-refractivity contribution in [3.8, 4) is 0 Å². The van der Waals surface area contributed by atoms with E-state index in [0.717, 1.165) is 12.8 Å². The summed E-state index contributed by atoms with van der Waals surface area (Å²) < 4.78 is 0. The Hall–Kier alpha value is -1.77.